The van der Waals surface area contributed by atoms with E-state index < -0.39 is 0 Å². The minimum Gasteiger partial charge on any atom is -0.331 e. The van der Waals surface area contributed by atoms with Crippen molar-refractivity contribution in [2.45, 2.75) is 4.71 Å². The van der Waals surface area contributed by atoms with Crippen LogP contribution in [0.4, 0.5) is 0 Å². The highest BCUT2D eigenvalue weighted by Gasteiger charge is 2.23. The van der Waals surface area contributed by atoms with Crippen LogP contribution in [0.5, 0.6) is 0 Å². The quantitative estimate of drug-likeness (QED) is 0.620. The molecule has 90 valence electrons. The van der Waals surface area contributed by atoms with Crippen molar-refractivity contribution in [2.24, 2.45) is 0 Å². The number of amides is 1. The predicted octanol–water partition coefficient (Wildman–Crippen LogP) is 2.65. The summed E-state index contributed by atoms with van der Waals surface area (Å²) >= 11 is 5.64. The number of carbonyl (C=O) groups is 1. The third-order valence-corrected chi connectivity index (χ3v) is 3.99. The fourth-order valence-corrected chi connectivity index (χ4v) is 3.06. The second kappa shape index (κ2) is 4.66. The van der Waals surface area contributed by atoms with Crippen molar-refractivity contribution < 1.29 is 4.79 Å². The molecule has 0 spiro atoms. The molecule has 1 aromatic carbocycles. The van der Waals surface area contributed by atoms with E-state index in [-0.39, 0.29) is 10.6 Å². The highest BCUT2D eigenvalue weighted by Crippen LogP contribution is 2.31. The van der Waals surface area contributed by atoms with Crippen LogP contribution in [-0.4, -0.2) is 15.6 Å². The van der Waals surface area contributed by atoms with E-state index in [4.69, 9.17) is 0 Å². The zero-order chi connectivity index (χ0) is 12.5. The molecule has 5 heteroatoms. The topological polar surface area (TPSA) is 42.0 Å². The fraction of sp³-hybridized carbons (Fsp3) is 0.0769. The summed E-state index contributed by atoms with van der Waals surface area (Å²) in [6.07, 6.45) is 3.65. The maximum Gasteiger partial charge on any atom is 0.259 e. The van der Waals surface area contributed by atoms with Crippen molar-refractivity contribution in [1.29, 1.82) is 0 Å². The van der Waals surface area contributed by atoms with Crippen LogP contribution in [0.1, 0.15) is 5.56 Å². The molecular formula is C13H10N2OS2. The molecule has 18 heavy (non-hydrogen) atoms. The molecule has 1 aromatic heterocycles. The van der Waals surface area contributed by atoms with Crippen LogP contribution in [0, 0.1) is 0 Å². The molecule has 3 nitrogen and oxygen atoms in total. The average molecular weight is 274 g/mol. The summed E-state index contributed by atoms with van der Waals surface area (Å²) < 4.78 is -0.147. The van der Waals surface area contributed by atoms with Gasteiger partial charge in [0.25, 0.3) is 5.91 Å². The predicted molar refractivity (Wildman–Crippen MR) is 78.2 cm³/mol. The third kappa shape index (κ3) is 2.23. The lowest BCUT2D eigenvalue weighted by molar-refractivity contribution is -0.116. The van der Waals surface area contributed by atoms with E-state index >= 15 is 0 Å². The number of carbonyl (C=O) groups excluding carboxylic acids is 1. The molecule has 0 radical (unpaired) electrons. The van der Waals surface area contributed by atoms with Gasteiger partial charge in [-0.25, -0.2) is 0 Å². The molecule has 1 N–H and O–H groups in total. The lowest BCUT2D eigenvalue weighted by Crippen LogP contribution is -2.19. The molecule has 2 aromatic rings. The van der Waals surface area contributed by atoms with Crippen LogP contribution in [0.15, 0.2) is 41.4 Å². The Kier molecular flexibility index (Phi) is 3.01. The van der Waals surface area contributed by atoms with Crippen molar-refractivity contribution >= 4 is 47.3 Å². The van der Waals surface area contributed by atoms with Crippen molar-refractivity contribution in [1.82, 2.24) is 10.3 Å². The average Bonchev–Trinajstić information content (AvgIpc) is 2.68. The zero-order valence-electron chi connectivity index (χ0n) is 9.33. The molecule has 0 bridgehead atoms. The second-order valence-corrected chi connectivity index (χ2v) is 5.92. The summed E-state index contributed by atoms with van der Waals surface area (Å²) in [5.41, 5.74) is 1.95. The van der Waals surface area contributed by atoms with Gasteiger partial charge >= 0.3 is 0 Å². The summed E-state index contributed by atoms with van der Waals surface area (Å²) in [6, 6.07) is 9.85. The van der Waals surface area contributed by atoms with Crippen LogP contribution in [0.3, 0.4) is 0 Å². The Morgan fingerprint density at radius 2 is 2.28 bits per heavy atom. The number of nitrogens with zero attached hydrogens (tertiary/aromatic N) is 1. The lowest BCUT2D eigenvalue weighted by atomic mass is 10.1. The molecule has 1 unspecified atom stereocenters. The van der Waals surface area contributed by atoms with Gasteiger partial charge in [-0.15, -0.1) is 12.6 Å². The maximum absolute atomic E-state index is 11.6. The molecule has 1 aliphatic heterocycles. The van der Waals surface area contributed by atoms with E-state index in [1.54, 1.807) is 6.20 Å². The first-order valence-corrected chi connectivity index (χ1v) is 6.84. The zero-order valence-corrected chi connectivity index (χ0v) is 11.0. The maximum atomic E-state index is 11.6. The minimum absolute atomic E-state index is 0.0636. The van der Waals surface area contributed by atoms with Gasteiger partial charge in [0, 0.05) is 11.6 Å². The molecule has 1 saturated heterocycles. The number of hydrogen-bond donors (Lipinski definition) is 2. The molecule has 1 aliphatic rings. The van der Waals surface area contributed by atoms with Crippen molar-refractivity contribution in [2.75, 3.05) is 0 Å². The van der Waals surface area contributed by atoms with Crippen LogP contribution >= 0.6 is 24.4 Å². The third-order valence-electron chi connectivity index (χ3n) is 2.64. The summed E-state index contributed by atoms with van der Waals surface area (Å²) in [4.78, 5) is 16.5. The number of nitrogens with one attached hydrogen (secondary N) is 1. The van der Waals surface area contributed by atoms with E-state index in [1.807, 2.05) is 36.4 Å². The molecule has 3 rings (SSSR count). The Bertz CT molecular complexity index is 654. The van der Waals surface area contributed by atoms with Crippen molar-refractivity contribution in [3.05, 3.63) is 47.0 Å². The normalized spacial score (nSPS) is 21.5. The van der Waals surface area contributed by atoms with Gasteiger partial charge < -0.3 is 5.32 Å². The van der Waals surface area contributed by atoms with Gasteiger partial charge in [-0.2, -0.15) is 0 Å². The van der Waals surface area contributed by atoms with Gasteiger partial charge in [0.1, 0.15) is 4.71 Å². The summed E-state index contributed by atoms with van der Waals surface area (Å²) in [5.74, 6) is -0.0636. The monoisotopic (exact) mass is 274 g/mol. The number of hydrogen-bond acceptors (Lipinski definition) is 4. The molecule has 2 heterocycles. The molecule has 1 atom stereocenters. The number of aromatic nitrogens is 1. The number of pyridine rings is 1. The van der Waals surface area contributed by atoms with Crippen LogP contribution < -0.4 is 5.32 Å². The van der Waals surface area contributed by atoms with Gasteiger partial charge in [-0.1, -0.05) is 23.9 Å². The number of fused-ring (bicyclic) bond motifs is 1. The fourth-order valence-electron chi connectivity index (χ4n) is 1.82. The van der Waals surface area contributed by atoms with Crippen LogP contribution in [0.2, 0.25) is 0 Å². The van der Waals surface area contributed by atoms with E-state index in [0.29, 0.717) is 4.91 Å². The first-order valence-electron chi connectivity index (χ1n) is 5.44. The molecular weight excluding hydrogens is 264 g/mol. The molecule has 1 amide bonds. The van der Waals surface area contributed by atoms with Gasteiger partial charge in [0.15, 0.2) is 0 Å². The number of thioether (sulfide) groups is 1. The lowest BCUT2D eigenvalue weighted by Gasteiger charge is -1.99. The molecule has 1 fully saturated rings. The van der Waals surface area contributed by atoms with Gasteiger partial charge in [0.05, 0.1) is 10.4 Å². The minimum atomic E-state index is -0.147. The standard InChI is InChI=1S/C13H10N2OS2/c16-12-11(18-13(17)15-12)7-8-3-4-10-9(6-8)2-1-5-14-10/h1-7,13,17H,(H,15,16)/b11-7-. The van der Waals surface area contributed by atoms with Crippen molar-refractivity contribution in [3.8, 4) is 0 Å². The second-order valence-electron chi connectivity index (χ2n) is 3.91. The Labute approximate surface area is 114 Å². The van der Waals surface area contributed by atoms with Gasteiger partial charge in [-0.3, -0.25) is 9.78 Å². The number of benzene rings is 1. The number of thiol groups is 1. The van der Waals surface area contributed by atoms with E-state index in [0.717, 1.165) is 16.5 Å². The largest absolute Gasteiger partial charge is 0.331 e. The molecule has 0 aliphatic carbocycles. The van der Waals surface area contributed by atoms with Gasteiger partial charge in [0.2, 0.25) is 0 Å². The van der Waals surface area contributed by atoms with Crippen LogP contribution in [-0.2, 0) is 4.79 Å². The molecule has 0 saturated carbocycles. The highest BCUT2D eigenvalue weighted by molar-refractivity contribution is 8.14. The Morgan fingerprint density at radius 3 is 3.06 bits per heavy atom. The Balaban J connectivity index is 2.00. The summed E-state index contributed by atoms with van der Waals surface area (Å²) in [7, 11) is 0. The highest BCUT2D eigenvalue weighted by atomic mass is 32.2. The smallest absolute Gasteiger partial charge is 0.259 e. The van der Waals surface area contributed by atoms with E-state index in [2.05, 4.69) is 22.9 Å². The summed E-state index contributed by atoms with van der Waals surface area (Å²) in [6.45, 7) is 0. The van der Waals surface area contributed by atoms with Crippen molar-refractivity contribution in [3.63, 3.8) is 0 Å². The van der Waals surface area contributed by atoms with Crippen LogP contribution in [0.25, 0.3) is 17.0 Å². The first kappa shape index (κ1) is 11.6. The Hall–Kier alpha value is -1.46. The first-order chi connectivity index (χ1) is 8.72. The van der Waals surface area contributed by atoms with E-state index in [9.17, 15) is 4.79 Å². The van der Waals surface area contributed by atoms with Gasteiger partial charge in [-0.05, 0) is 29.8 Å². The SMILES string of the molecule is O=C1NC(S)S/C1=C\c1ccc2ncccc2c1. The number of rotatable bonds is 1. The summed E-state index contributed by atoms with van der Waals surface area (Å²) in [5, 5.41) is 3.80. The van der Waals surface area contributed by atoms with E-state index in [1.165, 1.54) is 11.8 Å². The Morgan fingerprint density at radius 1 is 1.39 bits per heavy atom.